The van der Waals surface area contributed by atoms with Crippen molar-refractivity contribution < 1.29 is 14.3 Å². The number of rotatable bonds is 8. The molecule has 0 aliphatic rings. The van der Waals surface area contributed by atoms with Crippen LogP contribution in [0.1, 0.15) is 20.9 Å². The van der Waals surface area contributed by atoms with E-state index in [1.54, 1.807) is 35.9 Å². The summed E-state index contributed by atoms with van der Waals surface area (Å²) in [7, 11) is 0. The molecule has 144 valence electrons. The standard InChI is InChI=1S/C24H19NO3S/c1-2-10-27-21-13-20(23(26)24-25-9-11-29-24)14-22(15-21)28-16-17-7-8-18-5-3-4-6-19(18)12-17/h2-9,11-15H,1,10,16H2. The number of ketones is 1. The molecule has 0 N–H and O–H groups in total. The molecule has 4 rings (SSSR count). The molecule has 1 heterocycles. The summed E-state index contributed by atoms with van der Waals surface area (Å²) in [5.74, 6) is 0.972. The first-order valence-corrected chi connectivity index (χ1v) is 10.0. The fraction of sp³-hybridized carbons (Fsp3) is 0.0833. The van der Waals surface area contributed by atoms with Gasteiger partial charge < -0.3 is 9.47 Å². The van der Waals surface area contributed by atoms with E-state index in [-0.39, 0.29) is 5.78 Å². The zero-order valence-electron chi connectivity index (χ0n) is 15.7. The molecule has 3 aromatic carbocycles. The molecule has 0 spiro atoms. The van der Waals surface area contributed by atoms with Gasteiger partial charge in [-0.05, 0) is 34.5 Å². The second-order valence-electron chi connectivity index (χ2n) is 6.43. The summed E-state index contributed by atoms with van der Waals surface area (Å²) in [5, 5.41) is 4.57. The fourth-order valence-electron chi connectivity index (χ4n) is 2.98. The van der Waals surface area contributed by atoms with Gasteiger partial charge in [0.25, 0.3) is 0 Å². The topological polar surface area (TPSA) is 48.4 Å². The number of carbonyl (C=O) groups is 1. The minimum Gasteiger partial charge on any atom is -0.489 e. The molecule has 0 unspecified atom stereocenters. The van der Waals surface area contributed by atoms with E-state index in [9.17, 15) is 4.79 Å². The van der Waals surface area contributed by atoms with Crippen molar-refractivity contribution in [3.63, 3.8) is 0 Å². The smallest absolute Gasteiger partial charge is 0.221 e. The maximum Gasteiger partial charge on any atom is 0.221 e. The Morgan fingerprint density at radius 3 is 2.55 bits per heavy atom. The van der Waals surface area contributed by atoms with Crippen molar-refractivity contribution in [3.05, 3.63) is 101 Å². The third kappa shape index (κ3) is 4.52. The highest BCUT2D eigenvalue weighted by Crippen LogP contribution is 2.26. The summed E-state index contributed by atoms with van der Waals surface area (Å²) >= 11 is 1.31. The number of hydrogen-bond donors (Lipinski definition) is 0. The van der Waals surface area contributed by atoms with Gasteiger partial charge in [0, 0.05) is 23.2 Å². The van der Waals surface area contributed by atoms with Gasteiger partial charge in [-0.3, -0.25) is 4.79 Å². The van der Waals surface area contributed by atoms with Crippen LogP contribution in [-0.2, 0) is 6.61 Å². The van der Waals surface area contributed by atoms with E-state index in [1.165, 1.54) is 16.7 Å². The number of nitrogens with zero attached hydrogens (tertiary/aromatic N) is 1. The molecule has 0 bridgehead atoms. The van der Waals surface area contributed by atoms with Crippen LogP contribution in [0.4, 0.5) is 0 Å². The van der Waals surface area contributed by atoms with E-state index in [4.69, 9.17) is 9.47 Å². The highest BCUT2D eigenvalue weighted by Gasteiger charge is 2.15. The van der Waals surface area contributed by atoms with Gasteiger partial charge in [0.2, 0.25) is 5.78 Å². The first kappa shape index (κ1) is 18.9. The maximum absolute atomic E-state index is 12.7. The van der Waals surface area contributed by atoms with E-state index in [1.807, 2.05) is 18.2 Å². The summed E-state index contributed by atoms with van der Waals surface area (Å²) in [6, 6.07) is 19.6. The molecule has 0 saturated carbocycles. The molecule has 0 fully saturated rings. The van der Waals surface area contributed by atoms with Crippen molar-refractivity contribution in [2.75, 3.05) is 6.61 Å². The summed E-state index contributed by atoms with van der Waals surface area (Å²) in [6.07, 6.45) is 3.28. The number of benzene rings is 3. The Bertz CT molecular complexity index is 1150. The van der Waals surface area contributed by atoms with Crippen LogP contribution in [0.3, 0.4) is 0 Å². The van der Waals surface area contributed by atoms with Gasteiger partial charge in [0.05, 0.1) is 0 Å². The molecular weight excluding hydrogens is 382 g/mol. The van der Waals surface area contributed by atoms with Crippen molar-refractivity contribution in [1.82, 2.24) is 4.98 Å². The highest BCUT2D eigenvalue weighted by molar-refractivity contribution is 7.11. The number of thiazole rings is 1. The van der Waals surface area contributed by atoms with Crippen molar-refractivity contribution in [2.24, 2.45) is 0 Å². The van der Waals surface area contributed by atoms with Gasteiger partial charge in [-0.25, -0.2) is 4.98 Å². The van der Waals surface area contributed by atoms with Crippen LogP contribution in [0.2, 0.25) is 0 Å². The first-order valence-electron chi connectivity index (χ1n) is 9.16. The monoisotopic (exact) mass is 401 g/mol. The highest BCUT2D eigenvalue weighted by atomic mass is 32.1. The molecule has 5 heteroatoms. The molecule has 0 radical (unpaired) electrons. The first-order chi connectivity index (χ1) is 14.2. The molecule has 4 nitrogen and oxygen atoms in total. The summed E-state index contributed by atoms with van der Waals surface area (Å²) < 4.78 is 11.6. The second kappa shape index (κ2) is 8.71. The zero-order chi connectivity index (χ0) is 20.1. The quantitative estimate of drug-likeness (QED) is 0.282. The van der Waals surface area contributed by atoms with Gasteiger partial charge in [-0.1, -0.05) is 49.1 Å². The SMILES string of the molecule is C=CCOc1cc(OCc2ccc3ccccc3c2)cc(C(=O)c2nccs2)c1. The van der Waals surface area contributed by atoms with E-state index in [2.05, 4.69) is 35.8 Å². The Labute approximate surface area is 173 Å². The van der Waals surface area contributed by atoms with Crippen molar-refractivity contribution in [1.29, 1.82) is 0 Å². The third-order valence-corrected chi connectivity index (χ3v) is 5.13. The van der Waals surface area contributed by atoms with Gasteiger partial charge >= 0.3 is 0 Å². The summed E-state index contributed by atoms with van der Waals surface area (Å²) in [6.45, 7) is 4.40. The lowest BCUT2D eigenvalue weighted by atomic mass is 10.1. The Balaban J connectivity index is 1.58. The van der Waals surface area contributed by atoms with Crippen LogP contribution >= 0.6 is 11.3 Å². The fourth-order valence-corrected chi connectivity index (χ4v) is 3.58. The molecule has 0 atom stereocenters. The Kier molecular flexibility index (Phi) is 5.68. The largest absolute Gasteiger partial charge is 0.489 e. The predicted octanol–water partition coefficient (Wildman–Crippen LogP) is 5.67. The zero-order valence-corrected chi connectivity index (χ0v) is 16.5. The third-order valence-electron chi connectivity index (χ3n) is 4.36. The predicted molar refractivity (Wildman–Crippen MR) is 116 cm³/mol. The lowest BCUT2D eigenvalue weighted by Crippen LogP contribution is -2.04. The van der Waals surface area contributed by atoms with E-state index in [0.717, 1.165) is 10.9 Å². The maximum atomic E-state index is 12.7. The van der Waals surface area contributed by atoms with Crippen LogP contribution in [0, 0.1) is 0 Å². The van der Waals surface area contributed by atoms with E-state index < -0.39 is 0 Å². The number of ether oxygens (including phenoxy) is 2. The van der Waals surface area contributed by atoms with Gasteiger partial charge in [0.1, 0.15) is 24.7 Å². The van der Waals surface area contributed by atoms with Crippen LogP contribution < -0.4 is 9.47 Å². The number of hydrogen-bond acceptors (Lipinski definition) is 5. The van der Waals surface area contributed by atoms with Crippen molar-refractivity contribution >= 4 is 27.9 Å². The van der Waals surface area contributed by atoms with Gasteiger partial charge in [0.15, 0.2) is 5.01 Å². The van der Waals surface area contributed by atoms with Gasteiger partial charge in [-0.2, -0.15) is 0 Å². The molecule has 0 aliphatic carbocycles. The summed E-state index contributed by atoms with van der Waals surface area (Å²) in [5.41, 5.74) is 1.53. The average Bonchev–Trinajstić information content (AvgIpc) is 3.30. The molecule has 1 aromatic heterocycles. The molecular formula is C24H19NO3S. The van der Waals surface area contributed by atoms with Crippen LogP contribution in [-0.4, -0.2) is 17.4 Å². The minimum atomic E-state index is -0.153. The lowest BCUT2D eigenvalue weighted by Gasteiger charge is -2.11. The number of fused-ring (bicyclic) bond motifs is 1. The van der Waals surface area contributed by atoms with Crippen molar-refractivity contribution in [3.8, 4) is 11.5 Å². The number of aromatic nitrogens is 1. The minimum absolute atomic E-state index is 0.153. The molecule has 0 aliphatic heterocycles. The average molecular weight is 401 g/mol. The molecule has 0 amide bonds. The summed E-state index contributed by atoms with van der Waals surface area (Å²) in [4.78, 5) is 16.8. The van der Waals surface area contributed by atoms with Crippen LogP contribution in [0.25, 0.3) is 10.8 Å². The lowest BCUT2D eigenvalue weighted by molar-refractivity contribution is 0.103. The molecule has 29 heavy (non-hydrogen) atoms. The van der Waals surface area contributed by atoms with Crippen molar-refractivity contribution in [2.45, 2.75) is 6.61 Å². The van der Waals surface area contributed by atoms with E-state index >= 15 is 0 Å². The van der Waals surface area contributed by atoms with Crippen LogP contribution in [0.15, 0.2) is 84.9 Å². The Hall–Kier alpha value is -3.44. The Morgan fingerprint density at radius 1 is 1.00 bits per heavy atom. The number of carbonyl (C=O) groups excluding carboxylic acids is 1. The van der Waals surface area contributed by atoms with Gasteiger partial charge in [-0.15, -0.1) is 11.3 Å². The Morgan fingerprint density at radius 2 is 1.79 bits per heavy atom. The van der Waals surface area contributed by atoms with Crippen LogP contribution in [0.5, 0.6) is 11.5 Å². The normalized spacial score (nSPS) is 10.6. The second-order valence-corrected chi connectivity index (χ2v) is 7.32. The molecule has 4 aromatic rings. The molecule has 0 saturated heterocycles. The van der Waals surface area contributed by atoms with E-state index in [0.29, 0.717) is 35.3 Å².